The Morgan fingerprint density at radius 2 is 1.79 bits per heavy atom. The van der Waals surface area contributed by atoms with E-state index < -0.39 is 0 Å². The first-order valence-corrected chi connectivity index (χ1v) is 4.59. The summed E-state index contributed by atoms with van der Waals surface area (Å²) in [7, 11) is 0. The Bertz CT molecular complexity index is 363. The van der Waals surface area contributed by atoms with Gasteiger partial charge in [0.15, 0.2) is 0 Å². The van der Waals surface area contributed by atoms with Gasteiger partial charge in [-0.25, -0.2) is 0 Å². The average molecular weight is 186 g/mol. The third-order valence-corrected chi connectivity index (χ3v) is 2.16. The molecule has 0 spiro atoms. The first-order valence-electron chi connectivity index (χ1n) is 4.59. The quantitative estimate of drug-likeness (QED) is 0.757. The molecule has 1 aromatic carbocycles. The van der Waals surface area contributed by atoms with Gasteiger partial charge in [0.25, 0.3) is 0 Å². The second kappa shape index (κ2) is 4.07. The second-order valence-electron chi connectivity index (χ2n) is 3.22. The second-order valence-corrected chi connectivity index (χ2v) is 3.22. The summed E-state index contributed by atoms with van der Waals surface area (Å²) in [5.74, 6) is 0. The zero-order chi connectivity index (χ0) is 9.80. The molecule has 0 saturated heterocycles. The highest BCUT2D eigenvalue weighted by atomic mass is 15.3. The lowest BCUT2D eigenvalue weighted by atomic mass is 10.1. The summed E-state index contributed by atoms with van der Waals surface area (Å²) in [5.41, 5.74) is 12.9. The van der Waals surface area contributed by atoms with Crippen molar-refractivity contribution in [2.75, 3.05) is 0 Å². The van der Waals surface area contributed by atoms with Gasteiger partial charge in [-0.1, -0.05) is 24.3 Å². The van der Waals surface area contributed by atoms with Crippen molar-refractivity contribution in [2.45, 2.75) is 13.0 Å². The van der Waals surface area contributed by atoms with Gasteiger partial charge in [-0.15, -0.1) is 0 Å². The molecule has 3 nitrogen and oxygen atoms in total. The molecule has 1 aliphatic heterocycles. The van der Waals surface area contributed by atoms with Gasteiger partial charge >= 0.3 is 0 Å². The predicted octanol–water partition coefficient (Wildman–Crippen LogP) is 1.18. The molecule has 14 heavy (non-hydrogen) atoms. The maximum Gasteiger partial charge on any atom is 0.0690 e. The molecule has 1 aliphatic rings. The van der Waals surface area contributed by atoms with E-state index in [0.717, 1.165) is 17.7 Å². The third-order valence-electron chi connectivity index (χ3n) is 2.16. The van der Waals surface area contributed by atoms with Gasteiger partial charge in [-0.2, -0.15) is 10.5 Å². The van der Waals surface area contributed by atoms with E-state index in [1.807, 2.05) is 18.2 Å². The molecule has 3 heteroatoms. The van der Waals surface area contributed by atoms with Crippen LogP contribution in [0.25, 0.3) is 0 Å². The van der Waals surface area contributed by atoms with Crippen LogP contribution >= 0.6 is 0 Å². The standard InChI is InChI=1S/C11H12N3/c12-8-10-3-1-9(2-4-10)7-11-5-6-13-14-11/h1-6H,7-8,12H2. The van der Waals surface area contributed by atoms with Crippen LogP contribution in [0, 0.1) is 0 Å². The Labute approximate surface area is 83.3 Å². The first-order chi connectivity index (χ1) is 6.88. The number of nitrogens with two attached hydrogens (primary N) is 1. The minimum atomic E-state index is 0.594. The van der Waals surface area contributed by atoms with E-state index >= 15 is 0 Å². The van der Waals surface area contributed by atoms with Crippen molar-refractivity contribution in [3.8, 4) is 0 Å². The summed E-state index contributed by atoms with van der Waals surface area (Å²) in [5, 5.41) is 3.78. The van der Waals surface area contributed by atoms with Crippen LogP contribution in [0.5, 0.6) is 0 Å². The zero-order valence-electron chi connectivity index (χ0n) is 7.85. The molecule has 1 aromatic rings. The molecule has 1 heterocycles. The third kappa shape index (κ3) is 2.00. The van der Waals surface area contributed by atoms with Crippen LogP contribution in [0.2, 0.25) is 0 Å². The SMILES string of the molecule is NCc1ccc(CC2=CC=N[N]2)cc1. The van der Waals surface area contributed by atoms with Gasteiger partial charge in [0.2, 0.25) is 0 Å². The number of rotatable bonds is 3. The highest BCUT2D eigenvalue weighted by Crippen LogP contribution is 2.10. The fourth-order valence-corrected chi connectivity index (χ4v) is 1.36. The number of nitrogens with zero attached hydrogens (tertiary/aromatic N) is 2. The molecular weight excluding hydrogens is 174 g/mol. The van der Waals surface area contributed by atoms with E-state index in [-0.39, 0.29) is 0 Å². The molecule has 0 aromatic heterocycles. The van der Waals surface area contributed by atoms with Crippen LogP contribution in [0.3, 0.4) is 0 Å². The Morgan fingerprint density at radius 3 is 2.36 bits per heavy atom. The predicted molar refractivity (Wildman–Crippen MR) is 56.7 cm³/mol. The van der Waals surface area contributed by atoms with E-state index in [1.54, 1.807) is 6.21 Å². The minimum absolute atomic E-state index is 0.594. The molecule has 2 N–H and O–H groups in total. The Hall–Kier alpha value is -1.61. The van der Waals surface area contributed by atoms with Crippen LogP contribution in [0.15, 0.2) is 41.1 Å². The van der Waals surface area contributed by atoms with E-state index in [2.05, 4.69) is 22.7 Å². The fraction of sp³-hybridized carbons (Fsp3) is 0.182. The first kappa shape index (κ1) is 8.97. The minimum Gasteiger partial charge on any atom is -0.326 e. The van der Waals surface area contributed by atoms with Crippen molar-refractivity contribution in [1.29, 1.82) is 0 Å². The molecule has 0 unspecified atom stereocenters. The van der Waals surface area contributed by atoms with Crippen molar-refractivity contribution in [3.63, 3.8) is 0 Å². The lowest BCUT2D eigenvalue weighted by molar-refractivity contribution is 0.852. The molecule has 0 bridgehead atoms. The van der Waals surface area contributed by atoms with Crippen LogP contribution in [-0.4, -0.2) is 6.21 Å². The van der Waals surface area contributed by atoms with Crippen molar-refractivity contribution < 1.29 is 0 Å². The van der Waals surface area contributed by atoms with Crippen molar-refractivity contribution in [2.24, 2.45) is 10.8 Å². The summed E-state index contributed by atoms with van der Waals surface area (Å²) in [4.78, 5) is 0. The Morgan fingerprint density at radius 1 is 1.07 bits per heavy atom. The highest BCUT2D eigenvalue weighted by molar-refractivity contribution is 5.74. The van der Waals surface area contributed by atoms with Gasteiger partial charge in [-0.05, 0) is 17.2 Å². The summed E-state index contributed by atoms with van der Waals surface area (Å²) in [6, 6.07) is 8.26. The molecule has 0 fully saturated rings. The summed E-state index contributed by atoms with van der Waals surface area (Å²) in [6.45, 7) is 0.594. The lowest BCUT2D eigenvalue weighted by Crippen LogP contribution is -1.99. The van der Waals surface area contributed by atoms with Crippen molar-refractivity contribution >= 4 is 6.21 Å². The normalized spacial score (nSPS) is 13.9. The number of hydrogen-bond donors (Lipinski definition) is 1. The maximum atomic E-state index is 5.51. The summed E-state index contributed by atoms with van der Waals surface area (Å²) in [6.07, 6.45) is 4.48. The smallest absolute Gasteiger partial charge is 0.0690 e. The topological polar surface area (TPSA) is 52.5 Å². The van der Waals surface area contributed by atoms with E-state index in [4.69, 9.17) is 5.73 Å². The van der Waals surface area contributed by atoms with E-state index in [9.17, 15) is 0 Å². The van der Waals surface area contributed by atoms with Gasteiger partial charge in [0.1, 0.15) is 0 Å². The van der Waals surface area contributed by atoms with Crippen molar-refractivity contribution in [1.82, 2.24) is 5.43 Å². The van der Waals surface area contributed by atoms with E-state index in [1.165, 1.54) is 5.56 Å². The Balaban J connectivity index is 2.03. The maximum absolute atomic E-state index is 5.51. The van der Waals surface area contributed by atoms with Crippen LogP contribution < -0.4 is 11.2 Å². The van der Waals surface area contributed by atoms with Gasteiger partial charge in [0.05, 0.1) is 11.9 Å². The summed E-state index contributed by atoms with van der Waals surface area (Å²) >= 11 is 0. The highest BCUT2D eigenvalue weighted by Gasteiger charge is 2.03. The molecule has 0 atom stereocenters. The van der Waals surface area contributed by atoms with Crippen LogP contribution in [0.1, 0.15) is 11.1 Å². The molecule has 0 amide bonds. The largest absolute Gasteiger partial charge is 0.326 e. The van der Waals surface area contributed by atoms with E-state index in [0.29, 0.717) is 6.54 Å². The van der Waals surface area contributed by atoms with Crippen LogP contribution in [-0.2, 0) is 13.0 Å². The average Bonchev–Trinajstić information content (AvgIpc) is 2.72. The lowest BCUT2D eigenvalue weighted by Gasteiger charge is -2.02. The van der Waals surface area contributed by atoms with Crippen LogP contribution in [0.4, 0.5) is 0 Å². The zero-order valence-corrected chi connectivity index (χ0v) is 7.85. The number of allylic oxidation sites excluding steroid dienone is 2. The molecule has 0 saturated carbocycles. The van der Waals surface area contributed by atoms with Gasteiger partial charge in [-0.3, -0.25) is 0 Å². The molecule has 2 rings (SSSR count). The Kier molecular flexibility index (Phi) is 2.60. The molecule has 0 aliphatic carbocycles. The van der Waals surface area contributed by atoms with Gasteiger partial charge in [0, 0.05) is 13.0 Å². The number of hydrogen-bond acceptors (Lipinski definition) is 2. The molecule has 1 radical (unpaired) electrons. The fourth-order valence-electron chi connectivity index (χ4n) is 1.36. The number of benzene rings is 1. The molecular formula is C11H12N3. The summed E-state index contributed by atoms with van der Waals surface area (Å²) < 4.78 is 0. The molecule has 71 valence electrons. The van der Waals surface area contributed by atoms with Gasteiger partial charge < -0.3 is 5.73 Å². The monoisotopic (exact) mass is 186 g/mol. The van der Waals surface area contributed by atoms with Crippen molar-refractivity contribution in [3.05, 3.63) is 47.2 Å².